The van der Waals surface area contributed by atoms with Crippen molar-refractivity contribution in [3.05, 3.63) is 58.1 Å². The second-order valence-corrected chi connectivity index (χ2v) is 4.53. The summed E-state index contributed by atoms with van der Waals surface area (Å²) in [5.41, 5.74) is 2.62. The molecule has 0 amide bonds. The Labute approximate surface area is 111 Å². The summed E-state index contributed by atoms with van der Waals surface area (Å²) in [6.45, 7) is 3.86. The number of ether oxygens (including phenoxy) is 1. The third kappa shape index (κ3) is 2.64. The Hall–Kier alpha value is -1.98. The lowest BCUT2D eigenvalue weighted by Gasteiger charge is -2.09. The SMILES string of the molecule is Cc1ccc(Cl)c(Oc2ccc(C#N)c(C)c2)c1. The van der Waals surface area contributed by atoms with Crippen molar-refractivity contribution in [1.29, 1.82) is 5.26 Å². The molecule has 0 aliphatic carbocycles. The Balaban J connectivity index is 2.32. The number of rotatable bonds is 2. The van der Waals surface area contributed by atoms with Crippen LogP contribution in [-0.2, 0) is 0 Å². The van der Waals surface area contributed by atoms with Crippen LogP contribution < -0.4 is 4.74 Å². The average molecular weight is 258 g/mol. The molecule has 2 aromatic carbocycles. The molecule has 0 saturated heterocycles. The van der Waals surface area contributed by atoms with E-state index in [0.29, 0.717) is 22.1 Å². The maximum absolute atomic E-state index is 8.87. The summed E-state index contributed by atoms with van der Waals surface area (Å²) < 4.78 is 5.73. The fraction of sp³-hybridized carbons (Fsp3) is 0.133. The highest BCUT2D eigenvalue weighted by Gasteiger charge is 2.05. The molecule has 90 valence electrons. The molecule has 0 spiro atoms. The van der Waals surface area contributed by atoms with Crippen molar-refractivity contribution in [2.24, 2.45) is 0 Å². The minimum Gasteiger partial charge on any atom is -0.456 e. The van der Waals surface area contributed by atoms with Crippen LogP contribution in [0.3, 0.4) is 0 Å². The van der Waals surface area contributed by atoms with Gasteiger partial charge in [0.05, 0.1) is 16.7 Å². The van der Waals surface area contributed by atoms with Gasteiger partial charge in [0.25, 0.3) is 0 Å². The smallest absolute Gasteiger partial charge is 0.146 e. The zero-order valence-corrected chi connectivity index (χ0v) is 11.0. The van der Waals surface area contributed by atoms with E-state index >= 15 is 0 Å². The van der Waals surface area contributed by atoms with E-state index in [2.05, 4.69) is 6.07 Å². The van der Waals surface area contributed by atoms with E-state index in [1.165, 1.54) is 0 Å². The zero-order valence-electron chi connectivity index (χ0n) is 10.2. The van der Waals surface area contributed by atoms with E-state index in [9.17, 15) is 0 Å². The summed E-state index contributed by atoms with van der Waals surface area (Å²) in [6.07, 6.45) is 0. The Bertz CT molecular complexity index is 629. The number of nitrogens with zero attached hydrogens (tertiary/aromatic N) is 1. The highest BCUT2D eigenvalue weighted by Crippen LogP contribution is 2.30. The van der Waals surface area contributed by atoms with E-state index in [4.69, 9.17) is 21.6 Å². The summed E-state index contributed by atoms with van der Waals surface area (Å²) in [4.78, 5) is 0. The van der Waals surface area contributed by atoms with E-state index < -0.39 is 0 Å². The molecule has 3 heteroatoms. The van der Waals surface area contributed by atoms with E-state index in [0.717, 1.165) is 11.1 Å². The second kappa shape index (κ2) is 5.12. The first-order valence-corrected chi connectivity index (χ1v) is 5.92. The molecule has 0 atom stereocenters. The molecule has 2 aromatic rings. The summed E-state index contributed by atoms with van der Waals surface area (Å²) in [5.74, 6) is 1.31. The topological polar surface area (TPSA) is 33.0 Å². The van der Waals surface area contributed by atoms with Crippen LogP contribution in [0.4, 0.5) is 0 Å². The molecule has 18 heavy (non-hydrogen) atoms. The molecule has 0 saturated carbocycles. The highest BCUT2D eigenvalue weighted by molar-refractivity contribution is 6.32. The van der Waals surface area contributed by atoms with Gasteiger partial charge in [-0.05, 0) is 55.3 Å². The fourth-order valence-corrected chi connectivity index (χ4v) is 1.80. The summed E-state index contributed by atoms with van der Waals surface area (Å²) in [7, 11) is 0. The van der Waals surface area contributed by atoms with Gasteiger partial charge in [0.1, 0.15) is 11.5 Å². The third-order valence-electron chi connectivity index (χ3n) is 2.63. The molecule has 0 aliphatic rings. The monoisotopic (exact) mass is 257 g/mol. The van der Waals surface area contributed by atoms with Gasteiger partial charge < -0.3 is 4.74 Å². The summed E-state index contributed by atoms with van der Waals surface area (Å²) in [5, 5.41) is 9.44. The van der Waals surface area contributed by atoms with Crippen LogP contribution in [0.2, 0.25) is 5.02 Å². The van der Waals surface area contributed by atoms with Gasteiger partial charge in [-0.3, -0.25) is 0 Å². The van der Waals surface area contributed by atoms with Crippen molar-refractivity contribution in [3.8, 4) is 17.6 Å². The third-order valence-corrected chi connectivity index (χ3v) is 2.95. The molecular formula is C15H12ClNO. The molecule has 0 aromatic heterocycles. The lowest BCUT2D eigenvalue weighted by molar-refractivity contribution is 0.482. The lowest BCUT2D eigenvalue weighted by Crippen LogP contribution is -1.89. The normalized spacial score (nSPS) is 9.89. The second-order valence-electron chi connectivity index (χ2n) is 4.12. The number of nitriles is 1. The van der Waals surface area contributed by atoms with Gasteiger partial charge in [-0.15, -0.1) is 0 Å². The Morgan fingerprint density at radius 3 is 2.56 bits per heavy atom. The number of benzene rings is 2. The molecule has 0 bridgehead atoms. The zero-order chi connectivity index (χ0) is 13.1. The largest absolute Gasteiger partial charge is 0.456 e. The van der Waals surface area contributed by atoms with Crippen LogP contribution in [0, 0.1) is 25.2 Å². The maximum Gasteiger partial charge on any atom is 0.146 e. The summed E-state index contributed by atoms with van der Waals surface area (Å²) >= 11 is 6.07. The molecule has 0 unspecified atom stereocenters. The van der Waals surface area contributed by atoms with Crippen molar-refractivity contribution in [3.63, 3.8) is 0 Å². The predicted molar refractivity (Wildman–Crippen MR) is 72.2 cm³/mol. The quantitative estimate of drug-likeness (QED) is 0.786. The van der Waals surface area contributed by atoms with Crippen molar-refractivity contribution in [2.75, 3.05) is 0 Å². The highest BCUT2D eigenvalue weighted by atomic mass is 35.5. The van der Waals surface area contributed by atoms with Crippen molar-refractivity contribution < 1.29 is 4.74 Å². The molecule has 0 fully saturated rings. The van der Waals surface area contributed by atoms with Crippen LogP contribution >= 0.6 is 11.6 Å². The summed E-state index contributed by atoms with van der Waals surface area (Å²) in [6, 6.07) is 13.1. The van der Waals surface area contributed by atoms with Crippen LogP contribution in [0.5, 0.6) is 11.5 Å². The van der Waals surface area contributed by atoms with Crippen LogP contribution in [0.15, 0.2) is 36.4 Å². The van der Waals surface area contributed by atoms with Crippen molar-refractivity contribution >= 4 is 11.6 Å². The van der Waals surface area contributed by atoms with E-state index in [-0.39, 0.29) is 0 Å². The van der Waals surface area contributed by atoms with Crippen molar-refractivity contribution in [2.45, 2.75) is 13.8 Å². The van der Waals surface area contributed by atoms with Gasteiger partial charge >= 0.3 is 0 Å². The van der Waals surface area contributed by atoms with E-state index in [1.54, 1.807) is 12.1 Å². The molecule has 2 rings (SSSR count). The standard InChI is InChI=1S/C15H12ClNO/c1-10-3-6-14(16)15(7-10)18-13-5-4-12(9-17)11(2)8-13/h3-8H,1-2H3. The van der Waals surface area contributed by atoms with Crippen LogP contribution in [0.1, 0.15) is 16.7 Å². The molecular weight excluding hydrogens is 246 g/mol. The number of hydrogen-bond acceptors (Lipinski definition) is 2. The van der Waals surface area contributed by atoms with Gasteiger partial charge in [-0.25, -0.2) is 0 Å². The molecule has 0 N–H and O–H groups in total. The Kier molecular flexibility index (Phi) is 3.55. The van der Waals surface area contributed by atoms with E-state index in [1.807, 2.05) is 38.1 Å². The number of halogens is 1. The molecule has 0 aliphatic heterocycles. The first kappa shape index (κ1) is 12.5. The van der Waals surface area contributed by atoms with Gasteiger partial charge in [0.15, 0.2) is 0 Å². The lowest BCUT2D eigenvalue weighted by atomic mass is 10.1. The minimum absolute atomic E-state index is 0.572. The molecule has 0 heterocycles. The Morgan fingerprint density at radius 2 is 1.89 bits per heavy atom. The number of aryl methyl sites for hydroxylation is 2. The Morgan fingerprint density at radius 1 is 1.11 bits per heavy atom. The van der Waals surface area contributed by atoms with Crippen LogP contribution in [0.25, 0.3) is 0 Å². The van der Waals surface area contributed by atoms with Gasteiger partial charge in [0, 0.05) is 0 Å². The fourth-order valence-electron chi connectivity index (χ4n) is 1.64. The minimum atomic E-state index is 0.572. The van der Waals surface area contributed by atoms with Gasteiger partial charge in [0.2, 0.25) is 0 Å². The maximum atomic E-state index is 8.87. The molecule has 2 nitrogen and oxygen atoms in total. The molecule has 0 radical (unpaired) electrons. The first-order chi connectivity index (χ1) is 8.60. The van der Waals surface area contributed by atoms with Gasteiger partial charge in [-0.1, -0.05) is 17.7 Å². The van der Waals surface area contributed by atoms with Crippen molar-refractivity contribution in [1.82, 2.24) is 0 Å². The van der Waals surface area contributed by atoms with Gasteiger partial charge in [-0.2, -0.15) is 5.26 Å². The predicted octanol–water partition coefficient (Wildman–Crippen LogP) is 4.62. The number of hydrogen-bond donors (Lipinski definition) is 0. The van der Waals surface area contributed by atoms with Crippen LogP contribution in [-0.4, -0.2) is 0 Å². The average Bonchev–Trinajstić information content (AvgIpc) is 2.34. The first-order valence-electron chi connectivity index (χ1n) is 5.55.